The first kappa shape index (κ1) is 12.2. The van der Waals surface area contributed by atoms with E-state index in [1.165, 1.54) is 0 Å². The third kappa shape index (κ3) is 2.88. The first-order valence-corrected chi connectivity index (χ1v) is 5.79. The maximum atomic E-state index is 5.69. The van der Waals surface area contributed by atoms with E-state index in [1.54, 1.807) is 6.07 Å². The number of nitrogens with zero attached hydrogens (tertiary/aromatic N) is 2. The minimum absolute atomic E-state index is 0.443. The van der Waals surface area contributed by atoms with Gasteiger partial charge < -0.3 is 15.8 Å². The van der Waals surface area contributed by atoms with E-state index >= 15 is 0 Å². The Bertz CT molecular complexity index is 522. The van der Waals surface area contributed by atoms with Gasteiger partial charge in [0.05, 0.1) is 12.3 Å². The molecule has 0 spiro atoms. The molecule has 2 aromatic rings. The summed E-state index contributed by atoms with van der Waals surface area (Å²) in [6.07, 6.45) is 0. The van der Waals surface area contributed by atoms with Crippen LogP contribution in [0.2, 0.25) is 0 Å². The molecule has 5 heteroatoms. The van der Waals surface area contributed by atoms with Crippen LogP contribution in [0.15, 0.2) is 30.3 Å². The van der Waals surface area contributed by atoms with Crippen LogP contribution in [0.4, 0.5) is 17.5 Å². The molecule has 0 unspecified atom stereocenters. The predicted octanol–water partition coefficient (Wildman–Crippen LogP) is 2.51. The van der Waals surface area contributed by atoms with Gasteiger partial charge in [0.15, 0.2) is 0 Å². The number of anilines is 3. The molecule has 1 aromatic heterocycles. The number of nitrogens with one attached hydrogen (secondary N) is 1. The molecule has 0 bridgehead atoms. The predicted molar refractivity (Wildman–Crippen MR) is 72.1 cm³/mol. The van der Waals surface area contributed by atoms with Crippen molar-refractivity contribution >= 4 is 17.5 Å². The number of ether oxygens (including phenoxy) is 1. The lowest BCUT2D eigenvalue weighted by Crippen LogP contribution is -2.03. The van der Waals surface area contributed by atoms with Gasteiger partial charge in [-0.15, -0.1) is 0 Å². The third-order valence-corrected chi connectivity index (χ3v) is 2.31. The van der Waals surface area contributed by atoms with Crippen molar-refractivity contribution in [3.05, 3.63) is 36.0 Å². The summed E-state index contributed by atoms with van der Waals surface area (Å²) in [7, 11) is 0. The van der Waals surface area contributed by atoms with Gasteiger partial charge in [-0.05, 0) is 26.0 Å². The standard InChI is InChI=1S/C13H16N4O/c1-3-18-11-7-5-4-6-10(11)16-13-15-9(2)8-12(14)17-13/h4-8H,3H2,1-2H3,(H3,14,15,16,17). The summed E-state index contributed by atoms with van der Waals surface area (Å²) in [5, 5.41) is 3.11. The molecule has 94 valence electrons. The van der Waals surface area contributed by atoms with Crippen molar-refractivity contribution in [1.29, 1.82) is 0 Å². The highest BCUT2D eigenvalue weighted by Gasteiger charge is 2.05. The molecule has 5 nitrogen and oxygen atoms in total. The van der Waals surface area contributed by atoms with E-state index in [9.17, 15) is 0 Å². The molecule has 0 atom stereocenters. The number of aryl methyl sites for hydroxylation is 1. The zero-order chi connectivity index (χ0) is 13.0. The molecule has 0 saturated heterocycles. The number of benzene rings is 1. The normalized spacial score (nSPS) is 10.1. The lowest BCUT2D eigenvalue weighted by Gasteiger charge is -2.11. The number of aromatic nitrogens is 2. The van der Waals surface area contributed by atoms with Crippen molar-refractivity contribution in [2.75, 3.05) is 17.7 Å². The summed E-state index contributed by atoms with van der Waals surface area (Å²) in [4.78, 5) is 8.40. The van der Waals surface area contributed by atoms with Crippen LogP contribution >= 0.6 is 0 Å². The highest BCUT2D eigenvalue weighted by Crippen LogP contribution is 2.26. The van der Waals surface area contributed by atoms with Gasteiger partial charge in [-0.2, -0.15) is 4.98 Å². The van der Waals surface area contributed by atoms with Gasteiger partial charge in [-0.3, -0.25) is 0 Å². The molecular formula is C13H16N4O. The van der Waals surface area contributed by atoms with E-state index in [1.807, 2.05) is 38.1 Å². The van der Waals surface area contributed by atoms with E-state index < -0.39 is 0 Å². The van der Waals surface area contributed by atoms with Crippen molar-refractivity contribution in [2.24, 2.45) is 0 Å². The fourth-order valence-electron chi connectivity index (χ4n) is 1.62. The van der Waals surface area contributed by atoms with Crippen LogP contribution in [0.3, 0.4) is 0 Å². The van der Waals surface area contributed by atoms with Gasteiger partial charge in [0.1, 0.15) is 11.6 Å². The molecule has 1 heterocycles. The topological polar surface area (TPSA) is 73.1 Å². The van der Waals surface area contributed by atoms with Crippen LogP contribution in [0.5, 0.6) is 5.75 Å². The number of nitrogens with two attached hydrogens (primary N) is 1. The van der Waals surface area contributed by atoms with Gasteiger partial charge in [0, 0.05) is 11.8 Å². The quantitative estimate of drug-likeness (QED) is 0.864. The van der Waals surface area contributed by atoms with Gasteiger partial charge in [-0.1, -0.05) is 12.1 Å². The van der Waals surface area contributed by atoms with Crippen LogP contribution in [0, 0.1) is 6.92 Å². The fraction of sp³-hybridized carbons (Fsp3) is 0.231. The average Bonchev–Trinajstić information content (AvgIpc) is 2.30. The first-order valence-electron chi connectivity index (χ1n) is 5.79. The summed E-state index contributed by atoms with van der Waals surface area (Å²) in [5.41, 5.74) is 7.33. The Hall–Kier alpha value is -2.30. The summed E-state index contributed by atoms with van der Waals surface area (Å²) >= 11 is 0. The van der Waals surface area contributed by atoms with Gasteiger partial charge in [-0.25, -0.2) is 4.98 Å². The van der Waals surface area contributed by atoms with Crippen molar-refractivity contribution in [3.63, 3.8) is 0 Å². The smallest absolute Gasteiger partial charge is 0.229 e. The highest BCUT2D eigenvalue weighted by atomic mass is 16.5. The monoisotopic (exact) mass is 244 g/mol. The Kier molecular flexibility index (Phi) is 3.62. The maximum Gasteiger partial charge on any atom is 0.229 e. The Labute approximate surface area is 106 Å². The van der Waals surface area contributed by atoms with E-state index in [-0.39, 0.29) is 0 Å². The van der Waals surface area contributed by atoms with Crippen LogP contribution in [0.25, 0.3) is 0 Å². The zero-order valence-electron chi connectivity index (χ0n) is 10.5. The SMILES string of the molecule is CCOc1ccccc1Nc1nc(C)cc(N)n1. The molecule has 0 radical (unpaired) electrons. The molecule has 0 amide bonds. The molecule has 18 heavy (non-hydrogen) atoms. The van der Waals surface area contributed by atoms with Crippen LogP contribution in [-0.2, 0) is 0 Å². The number of para-hydroxylation sites is 2. The van der Waals surface area contributed by atoms with Gasteiger partial charge in [0.25, 0.3) is 0 Å². The van der Waals surface area contributed by atoms with Crippen molar-refractivity contribution < 1.29 is 4.74 Å². The van der Waals surface area contributed by atoms with Crippen molar-refractivity contribution in [2.45, 2.75) is 13.8 Å². The number of hydrogen-bond donors (Lipinski definition) is 2. The second-order valence-electron chi connectivity index (χ2n) is 3.81. The van der Waals surface area contributed by atoms with E-state index in [0.717, 1.165) is 17.1 Å². The Balaban J connectivity index is 2.27. The average molecular weight is 244 g/mol. The maximum absolute atomic E-state index is 5.69. The second kappa shape index (κ2) is 5.35. The second-order valence-corrected chi connectivity index (χ2v) is 3.81. The Morgan fingerprint density at radius 2 is 2.06 bits per heavy atom. The molecule has 0 aliphatic carbocycles. The van der Waals surface area contributed by atoms with Gasteiger partial charge >= 0.3 is 0 Å². The molecular weight excluding hydrogens is 228 g/mol. The van der Waals surface area contributed by atoms with Crippen LogP contribution in [-0.4, -0.2) is 16.6 Å². The molecule has 0 aliphatic rings. The highest BCUT2D eigenvalue weighted by molar-refractivity contribution is 5.62. The number of rotatable bonds is 4. The zero-order valence-corrected chi connectivity index (χ0v) is 10.5. The molecule has 0 aliphatic heterocycles. The first-order chi connectivity index (χ1) is 8.69. The molecule has 2 rings (SSSR count). The summed E-state index contributed by atoms with van der Waals surface area (Å²) in [5.74, 6) is 1.68. The van der Waals surface area contributed by atoms with Crippen molar-refractivity contribution in [3.8, 4) is 5.75 Å². The van der Waals surface area contributed by atoms with Gasteiger partial charge in [0.2, 0.25) is 5.95 Å². The molecule has 1 aromatic carbocycles. The lowest BCUT2D eigenvalue weighted by atomic mass is 10.3. The van der Waals surface area contributed by atoms with Crippen LogP contribution in [0.1, 0.15) is 12.6 Å². The van der Waals surface area contributed by atoms with E-state index in [4.69, 9.17) is 10.5 Å². The Morgan fingerprint density at radius 3 is 2.78 bits per heavy atom. The Morgan fingerprint density at radius 1 is 1.28 bits per heavy atom. The summed E-state index contributed by atoms with van der Waals surface area (Å²) in [6.45, 7) is 4.42. The van der Waals surface area contributed by atoms with Crippen molar-refractivity contribution in [1.82, 2.24) is 9.97 Å². The van der Waals surface area contributed by atoms with E-state index in [2.05, 4.69) is 15.3 Å². The largest absolute Gasteiger partial charge is 0.492 e. The number of hydrogen-bond acceptors (Lipinski definition) is 5. The lowest BCUT2D eigenvalue weighted by molar-refractivity contribution is 0.342. The van der Waals surface area contributed by atoms with Crippen LogP contribution < -0.4 is 15.8 Å². The summed E-state index contributed by atoms with van der Waals surface area (Å²) in [6, 6.07) is 9.36. The van der Waals surface area contributed by atoms with E-state index in [0.29, 0.717) is 18.4 Å². The minimum Gasteiger partial charge on any atom is -0.492 e. The fourth-order valence-corrected chi connectivity index (χ4v) is 1.62. The third-order valence-electron chi connectivity index (χ3n) is 2.31. The molecule has 0 fully saturated rings. The molecule has 0 saturated carbocycles. The summed E-state index contributed by atoms with van der Waals surface area (Å²) < 4.78 is 5.52. The minimum atomic E-state index is 0.443. The number of nitrogen functional groups attached to an aromatic ring is 1. The molecule has 3 N–H and O–H groups in total.